The second kappa shape index (κ2) is 5.59. The zero-order valence-corrected chi connectivity index (χ0v) is 12.4. The Morgan fingerprint density at radius 2 is 2.25 bits per heavy atom. The first kappa shape index (κ1) is 14.5. The highest BCUT2D eigenvalue weighted by atomic mass is 32.2. The third kappa shape index (κ3) is 3.78. The SMILES string of the molecule is Cn1cc(NS(=O)(=O)Cc2cccc(C(N)=S)c2)cn1. The maximum atomic E-state index is 12.0. The van der Waals surface area contributed by atoms with Crippen LogP contribution in [-0.2, 0) is 22.8 Å². The van der Waals surface area contributed by atoms with Crippen molar-refractivity contribution < 1.29 is 8.42 Å². The number of aryl methyl sites for hydroxylation is 1. The van der Waals surface area contributed by atoms with Crippen LogP contribution in [0.1, 0.15) is 11.1 Å². The lowest BCUT2D eigenvalue weighted by Gasteiger charge is -2.07. The van der Waals surface area contributed by atoms with E-state index in [1.165, 1.54) is 10.9 Å². The molecular weight excluding hydrogens is 296 g/mol. The summed E-state index contributed by atoms with van der Waals surface area (Å²) < 4.78 is 28.1. The molecule has 1 aromatic carbocycles. The summed E-state index contributed by atoms with van der Waals surface area (Å²) >= 11 is 4.87. The van der Waals surface area contributed by atoms with Crippen LogP contribution in [0, 0.1) is 0 Å². The highest BCUT2D eigenvalue weighted by Crippen LogP contribution is 2.13. The van der Waals surface area contributed by atoms with Crippen LogP contribution in [0.2, 0.25) is 0 Å². The van der Waals surface area contributed by atoms with E-state index in [4.69, 9.17) is 18.0 Å². The molecule has 0 radical (unpaired) electrons. The highest BCUT2D eigenvalue weighted by Gasteiger charge is 2.13. The average molecular weight is 310 g/mol. The summed E-state index contributed by atoms with van der Waals surface area (Å²) in [4.78, 5) is 0.240. The number of hydrogen-bond donors (Lipinski definition) is 2. The van der Waals surface area contributed by atoms with E-state index in [1.54, 1.807) is 37.5 Å². The quantitative estimate of drug-likeness (QED) is 0.804. The number of anilines is 1. The van der Waals surface area contributed by atoms with E-state index in [-0.39, 0.29) is 10.7 Å². The van der Waals surface area contributed by atoms with Gasteiger partial charge >= 0.3 is 0 Å². The number of nitrogens with one attached hydrogen (secondary N) is 1. The van der Waals surface area contributed by atoms with Gasteiger partial charge in [0.15, 0.2) is 0 Å². The normalized spacial score (nSPS) is 11.2. The molecular formula is C12H14N4O2S2. The van der Waals surface area contributed by atoms with Crippen LogP contribution >= 0.6 is 12.2 Å². The lowest BCUT2D eigenvalue weighted by atomic mass is 10.1. The standard InChI is InChI=1S/C12H14N4O2S2/c1-16-7-11(6-14-16)15-20(17,18)8-9-3-2-4-10(5-9)12(13)19/h2-7,15H,8H2,1H3,(H2,13,19). The first-order valence-electron chi connectivity index (χ1n) is 5.73. The summed E-state index contributed by atoms with van der Waals surface area (Å²) in [5.74, 6) is -0.154. The van der Waals surface area contributed by atoms with Crippen LogP contribution in [0.4, 0.5) is 5.69 Å². The minimum absolute atomic E-state index is 0.154. The summed E-state index contributed by atoms with van der Waals surface area (Å²) in [5.41, 5.74) is 7.22. The third-order valence-corrected chi connectivity index (χ3v) is 4.04. The Bertz CT molecular complexity index is 737. The number of sulfonamides is 1. The molecule has 0 aliphatic carbocycles. The van der Waals surface area contributed by atoms with Gasteiger partial charge in [-0.15, -0.1) is 0 Å². The van der Waals surface area contributed by atoms with E-state index in [9.17, 15) is 8.42 Å². The predicted molar refractivity (Wildman–Crippen MR) is 81.8 cm³/mol. The summed E-state index contributed by atoms with van der Waals surface area (Å²) in [6.07, 6.45) is 3.03. The van der Waals surface area contributed by atoms with Crippen molar-refractivity contribution >= 4 is 32.9 Å². The van der Waals surface area contributed by atoms with Crippen molar-refractivity contribution in [2.24, 2.45) is 12.8 Å². The van der Waals surface area contributed by atoms with Crippen LogP contribution in [0.15, 0.2) is 36.7 Å². The Labute approximate surface area is 122 Å². The van der Waals surface area contributed by atoms with Gasteiger partial charge in [0.2, 0.25) is 10.0 Å². The Hall–Kier alpha value is -1.93. The smallest absolute Gasteiger partial charge is 0.237 e. The zero-order chi connectivity index (χ0) is 14.8. The Kier molecular flexibility index (Phi) is 4.05. The maximum Gasteiger partial charge on any atom is 0.237 e. The molecule has 20 heavy (non-hydrogen) atoms. The molecule has 2 rings (SSSR count). The molecule has 0 bridgehead atoms. The lowest BCUT2D eigenvalue weighted by Crippen LogP contribution is -2.15. The lowest BCUT2D eigenvalue weighted by molar-refractivity contribution is 0.600. The van der Waals surface area contributed by atoms with Crippen molar-refractivity contribution in [3.8, 4) is 0 Å². The van der Waals surface area contributed by atoms with Crippen molar-refractivity contribution in [2.75, 3.05) is 4.72 Å². The van der Waals surface area contributed by atoms with Crippen LogP contribution < -0.4 is 10.5 Å². The first-order chi connectivity index (χ1) is 9.35. The minimum atomic E-state index is -3.50. The van der Waals surface area contributed by atoms with E-state index >= 15 is 0 Å². The first-order valence-corrected chi connectivity index (χ1v) is 7.80. The number of hydrogen-bond acceptors (Lipinski definition) is 4. The molecule has 0 amide bonds. The second-order valence-corrected chi connectivity index (χ2v) is 6.49. The van der Waals surface area contributed by atoms with Crippen LogP contribution in [0.5, 0.6) is 0 Å². The molecule has 106 valence electrons. The zero-order valence-electron chi connectivity index (χ0n) is 10.8. The Morgan fingerprint density at radius 3 is 2.85 bits per heavy atom. The molecule has 0 saturated heterocycles. The van der Waals surface area contributed by atoms with Crippen molar-refractivity contribution in [3.05, 3.63) is 47.8 Å². The molecule has 2 aromatic rings. The fraction of sp³-hybridized carbons (Fsp3) is 0.167. The molecule has 6 nitrogen and oxygen atoms in total. The minimum Gasteiger partial charge on any atom is -0.389 e. The van der Waals surface area contributed by atoms with E-state index in [0.717, 1.165) is 0 Å². The number of nitrogens with two attached hydrogens (primary N) is 1. The van der Waals surface area contributed by atoms with Crippen molar-refractivity contribution in [3.63, 3.8) is 0 Å². The van der Waals surface area contributed by atoms with Crippen molar-refractivity contribution in [2.45, 2.75) is 5.75 Å². The van der Waals surface area contributed by atoms with Gasteiger partial charge in [-0.2, -0.15) is 5.10 Å². The number of thiocarbonyl (C=S) groups is 1. The van der Waals surface area contributed by atoms with E-state index in [0.29, 0.717) is 16.8 Å². The Morgan fingerprint density at radius 1 is 1.50 bits per heavy atom. The van der Waals surface area contributed by atoms with Gasteiger partial charge in [-0.1, -0.05) is 30.4 Å². The molecule has 0 aliphatic heterocycles. The van der Waals surface area contributed by atoms with Gasteiger partial charge in [-0.3, -0.25) is 9.40 Å². The number of rotatable bonds is 5. The topological polar surface area (TPSA) is 90.0 Å². The van der Waals surface area contributed by atoms with Crippen LogP contribution in [0.3, 0.4) is 0 Å². The van der Waals surface area contributed by atoms with E-state index in [1.807, 2.05) is 0 Å². The molecule has 0 spiro atoms. The van der Waals surface area contributed by atoms with Gasteiger partial charge in [0.25, 0.3) is 0 Å². The largest absolute Gasteiger partial charge is 0.389 e. The molecule has 0 saturated carbocycles. The number of benzene rings is 1. The number of aromatic nitrogens is 2. The molecule has 0 unspecified atom stereocenters. The molecule has 0 aliphatic rings. The molecule has 1 aromatic heterocycles. The molecule has 1 heterocycles. The van der Waals surface area contributed by atoms with Gasteiger partial charge < -0.3 is 5.73 Å². The maximum absolute atomic E-state index is 12.0. The summed E-state index contributed by atoms with van der Waals surface area (Å²) in [6, 6.07) is 6.85. The Balaban J connectivity index is 2.15. The van der Waals surface area contributed by atoms with Crippen molar-refractivity contribution in [1.82, 2.24) is 9.78 Å². The molecule has 3 N–H and O–H groups in total. The van der Waals surface area contributed by atoms with Gasteiger partial charge in [0, 0.05) is 18.8 Å². The summed E-state index contributed by atoms with van der Waals surface area (Å²) in [5, 5.41) is 3.90. The molecule has 8 heteroatoms. The van der Waals surface area contributed by atoms with Crippen molar-refractivity contribution in [1.29, 1.82) is 0 Å². The predicted octanol–water partition coefficient (Wildman–Crippen LogP) is 0.996. The highest BCUT2D eigenvalue weighted by molar-refractivity contribution is 7.91. The molecule has 0 atom stereocenters. The van der Waals surface area contributed by atoms with E-state index < -0.39 is 10.0 Å². The van der Waals surface area contributed by atoms with Crippen LogP contribution in [-0.4, -0.2) is 23.2 Å². The fourth-order valence-corrected chi connectivity index (χ4v) is 3.01. The van der Waals surface area contributed by atoms with Gasteiger partial charge in [-0.05, 0) is 11.6 Å². The average Bonchev–Trinajstić information content (AvgIpc) is 2.73. The summed E-state index contributed by atoms with van der Waals surface area (Å²) in [6.45, 7) is 0. The van der Waals surface area contributed by atoms with E-state index in [2.05, 4.69) is 9.82 Å². The number of nitrogens with zero attached hydrogens (tertiary/aromatic N) is 2. The monoisotopic (exact) mass is 310 g/mol. The van der Waals surface area contributed by atoms with Gasteiger partial charge in [0.1, 0.15) is 4.99 Å². The fourth-order valence-electron chi connectivity index (χ4n) is 1.72. The van der Waals surface area contributed by atoms with Gasteiger partial charge in [-0.25, -0.2) is 8.42 Å². The second-order valence-electron chi connectivity index (χ2n) is 4.33. The summed E-state index contributed by atoms with van der Waals surface area (Å²) in [7, 11) is -1.79. The van der Waals surface area contributed by atoms with Crippen LogP contribution in [0.25, 0.3) is 0 Å². The third-order valence-electron chi connectivity index (χ3n) is 2.55. The molecule has 0 fully saturated rings. The van der Waals surface area contributed by atoms with Gasteiger partial charge in [0.05, 0.1) is 17.6 Å².